The van der Waals surface area contributed by atoms with Crippen LogP contribution < -0.4 is 4.74 Å². The van der Waals surface area contributed by atoms with Crippen molar-refractivity contribution in [3.8, 4) is 11.9 Å². The lowest BCUT2D eigenvalue weighted by Gasteiger charge is -2.38. The Kier molecular flexibility index (Phi) is 6.26. The molecule has 2 rings (SSSR count). The van der Waals surface area contributed by atoms with E-state index in [1.54, 1.807) is 4.90 Å². The number of hydrogen-bond donors (Lipinski definition) is 0. The molecular formula is C19H25N3O5. The molecule has 0 aromatic carbocycles. The van der Waals surface area contributed by atoms with Gasteiger partial charge in [0.1, 0.15) is 23.3 Å². The van der Waals surface area contributed by atoms with Gasteiger partial charge in [-0.2, -0.15) is 5.26 Å². The maximum atomic E-state index is 12.5. The van der Waals surface area contributed by atoms with Gasteiger partial charge in [0.15, 0.2) is 0 Å². The lowest BCUT2D eigenvalue weighted by atomic mass is 10.0. The quantitative estimate of drug-likeness (QED) is 0.749. The number of aromatic nitrogens is 1. The summed E-state index contributed by atoms with van der Waals surface area (Å²) in [6.45, 7) is 7.69. The van der Waals surface area contributed by atoms with Crippen LogP contribution in [0.1, 0.15) is 56.5 Å². The third-order valence-corrected chi connectivity index (χ3v) is 4.17. The molecule has 1 aliphatic heterocycles. The third-order valence-electron chi connectivity index (χ3n) is 4.17. The number of ether oxygens (including phenoxy) is 3. The van der Waals surface area contributed by atoms with Crippen LogP contribution in [0.4, 0.5) is 4.79 Å². The van der Waals surface area contributed by atoms with Gasteiger partial charge >= 0.3 is 12.1 Å². The van der Waals surface area contributed by atoms with Crippen molar-refractivity contribution in [2.45, 2.75) is 58.3 Å². The first-order chi connectivity index (χ1) is 12.7. The standard InChI is InChI=1S/C19H25N3O5/c1-12-6-7-14(11-22(12)18(24)27-19(2,3)4)26-16-15(17(23)25-5)13(10-20)8-9-21-16/h8-9,12,14H,6-7,11H2,1-5H3/t12-,14-/m1/s1. The van der Waals surface area contributed by atoms with E-state index in [1.165, 1.54) is 19.4 Å². The van der Waals surface area contributed by atoms with Crippen molar-refractivity contribution in [2.75, 3.05) is 13.7 Å². The van der Waals surface area contributed by atoms with Crippen molar-refractivity contribution in [1.29, 1.82) is 5.26 Å². The predicted molar refractivity (Wildman–Crippen MR) is 96.3 cm³/mol. The Morgan fingerprint density at radius 3 is 2.63 bits per heavy atom. The van der Waals surface area contributed by atoms with E-state index in [-0.39, 0.29) is 29.2 Å². The molecule has 2 heterocycles. The smallest absolute Gasteiger partial charge is 0.410 e. The summed E-state index contributed by atoms with van der Waals surface area (Å²) in [7, 11) is 1.23. The summed E-state index contributed by atoms with van der Waals surface area (Å²) in [5, 5.41) is 9.24. The van der Waals surface area contributed by atoms with Gasteiger partial charge in [0, 0.05) is 12.2 Å². The molecule has 8 nitrogen and oxygen atoms in total. The third kappa shape index (κ3) is 5.09. The first-order valence-corrected chi connectivity index (χ1v) is 8.80. The number of methoxy groups -OCH3 is 1. The molecule has 0 unspecified atom stereocenters. The normalized spacial score (nSPS) is 19.8. The van der Waals surface area contributed by atoms with E-state index >= 15 is 0 Å². The first kappa shape index (κ1) is 20.5. The summed E-state index contributed by atoms with van der Waals surface area (Å²) in [5.41, 5.74) is -0.476. The lowest BCUT2D eigenvalue weighted by molar-refractivity contribution is -0.00629. The number of nitriles is 1. The van der Waals surface area contributed by atoms with Crippen LogP contribution in [0.5, 0.6) is 5.88 Å². The fraction of sp³-hybridized carbons (Fsp3) is 0.579. The summed E-state index contributed by atoms with van der Waals surface area (Å²) in [6.07, 6.45) is 2.01. The van der Waals surface area contributed by atoms with Crippen LogP contribution in [0.25, 0.3) is 0 Å². The SMILES string of the molecule is COC(=O)c1c(C#N)ccnc1O[C@@H]1CC[C@@H](C)N(C(=O)OC(C)(C)C)C1. The van der Waals surface area contributed by atoms with E-state index in [0.29, 0.717) is 13.0 Å². The van der Waals surface area contributed by atoms with Gasteiger partial charge < -0.3 is 19.1 Å². The van der Waals surface area contributed by atoms with Gasteiger partial charge in [-0.1, -0.05) is 0 Å². The monoisotopic (exact) mass is 375 g/mol. The van der Waals surface area contributed by atoms with E-state index in [0.717, 1.165) is 6.42 Å². The van der Waals surface area contributed by atoms with Crippen LogP contribution in [-0.2, 0) is 9.47 Å². The van der Waals surface area contributed by atoms with E-state index in [1.807, 2.05) is 33.8 Å². The second-order valence-corrected chi connectivity index (χ2v) is 7.44. The molecule has 1 saturated heterocycles. The maximum absolute atomic E-state index is 12.5. The highest BCUT2D eigenvalue weighted by Crippen LogP contribution is 2.26. The molecule has 2 atom stereocenters. The van der Waals surface area contributed by atoms with Crippen molar-refractivity contribution in [2.24, 2.45) is 0 Å². The molecule has 0 saturated carbocycles. The Balaban J connectivity index is 2.20. The minimum Gasteiger partial charge on any atom is -0.472 e. The molecule has 1 aromatic heterocycles. The highest BCUT2D eigenvalue weighted by atomic mass is 16.6. The second kappa shape index (κ2) is 8.25. The van der Waals surface area contributed by atoms with Crippen molar-refractivity contribution in [1.82, 2.24) is 9.88 Å². The minimum absolute atomic E-state index is 0.00931. The van der Waals surface area contributed by atoms with Crippen LogP contribution in [0.3, 0.4) is 0 Å². The highest BCUT2D eigenvalue weighted by Gasteiger charge is 2.34. The van der Waals surface area contributed by atoms with Crippen LogP contribution in [-0.4, -0.2) is 53.3 Å². The molecule has 27 heavy (non-hydrogen) atoms. The van der Waals surface area contributed by atoms with E-state index in [9.17, 15) is 14.9 Å². The number of esters is 1. The second-order valence-electron chi connectivity index (χ2n) is 7.44. The topological polar surface area (TPSA) is 102 Å². The molecule has 0 N–H and O–H groups in total. The predicted octanol–water partition coefficient (Wildman–Crippen LogP) is 2.91. The van der Waals surface area contributed by atoms with Crippen LogP contribution >= 0.6 is 0 Å². The van der Waals surface area contributed by atoms with Gasteiger partial charge in [-0.3, -0.25) is 0 Å². The van der Waals surface area contributed by atoms with E-state index < -0.39 is 17.7 Å². The number of carbonyl (C=O) groups excluding carboxylic acids is 2. The largest absolute Gasteiger partial charge is 0.472 e. The highest BCUT2D eigenvalue weighted by molar-refractivity contribution is 5.94. The zero-order valence-corrected chi connectivity index (χ0v) is 16.3. The molecule has 1 aliphatic rings. The maximum Gasteiger partial charge on any atom is 0.410 e. The number of rotatable bonds is 3. The number of nitrogens with zero attached hydrogens (tertiary/aromatic N) is 3. The van der Waals surface area contributed by atoms with E-state index in [2.05, 4.69) is 4.98 Å². The average molecular weight is 375 g/mol. The number of pyridine rings is 1. The van der Waals surface area contributed by atoms with E-state index in [4.69, 9.17) is 14.2 Å². The summed E-state index contributed by atoms with van der Waals surface area (Å²) in [4.78, 5) is 30.2. The average Bonchev–Trinajstić information content (AvgIpc) is 2.60. The molecule has 146 valence electrons. The number of hydrogen-bond acceptors (Lipinski definition) is 7. The Morgan fingerprint density at radius 2 is 2.04 bits per heavy atom. The molecule has 1 aromatic rings. The Morgan fingerprint density at radius 1 is 1.33 bits per heavy atom. The van der Waals surface area contributed by atoms with Crippen molar-refractivity contribution >= 4 is 12.1 Å². The summed E-state index contributed by atoms with van der Waals surface area (Å²) in [5.74, 6) is -0.660. The summed E-state index contributed by atoms with van der Waals surface area (Å²) in [6, 6.07) is 3.38. The van der Waals surface area contributed by atoms with Gasteiger partial charge in [0.25, 0.3) is 0 Å². The van der Waals surface area contributed by atoms with Gasteiger partial charge in [-0.25, -0.2) is 14.6 Å². The Labute approximate surface area is 159 Å². The fourth-order valence-corrected chi connectivity index (χ4v) is 2.83. The van der Waals surface area contributed by atoms with Crippen molar-refractivity contribution < 1.29 is 23.8 Å². The number of carbonyl (C=O) groups is 2. The molecule has 0 radical (unpaired) electrons. The number of likely N-dealkylation sites (tertiary alicyclic amines) is 1. The minimum atomic E-state index is -0.692. The molecule has 0 aliphatic carbocycles. The van der Waals surface area contributed by atoms with Crippen LogP contribution in [0, 0.1) is 11.3 Å². The fourth-order valence-electron chi connectivity index (χ4n) is 2.83. The summed E-state index contributed by atoms with van der Waals surface area (Å²) < 4.78 is 16.1. The number of amides is 1. The molecular weight excluding hydrogens is 350 g/mol. The Bertz CT molecular complexity index is 751. The van der Waals surface area contributed by atoms with Crippen LogP contribution in [0.2, 0.25) is 0 Å². The molecule has 0 bridgehead atoms. The molecule has 8 heteroatoms. The summed E-state index contributed by atoms with van der Waals surface area (Å²) >= 11 is 0. The van der Waals surface area contributed by atoms with Gasteiger partial charge in [0.05, 0.1) is 19.2 Å². The van der Waals surface area contributed by atoms with Crippen LogP contribution in [0.15, 0.2) is 12.3 Å². The number of piperidine rings is 1. The first-order valence-electron chi connectivity index (χ1n) is 8.80. The van der Waals surface area contributed by atoms with Gasteiger partial charge in [-0.15, -0.1) is 0 Å². The lowest BCUT2D eigenvalue weighted by Crippen LogP contribution is -2.50. The van der Waals surface area contributed by atoms with Crippen molar-refractivity contribution in [3.63, 3.8) is 0 Å². The zero-order chi connectivity index (χ0) is 20.2. The Hall–Kier alpha value is -2.82. The zero-order valence-electron chi connectivity index (χ0n) is 16.3. The molecule has 1 amide bonds. The van der Waals surface area contributed by atoms with Gasteiger partial charge in [-0.05, 0) is 46.6 Å². The van der Waals surface area contributed by atoms with Gasteiger partial charge in [0.2, 0.25) is 5.88 Å². The molecule has 0 spiro atoms. The van der Waals surface area contributed by atoms with Crippen molar-refractivity contribution in [3.05, 3.63) is 23.4 Å². The molecule has 1 fully saturated rings.